The third kappa shape index (κ3) is 3.40. The molecule has 4 amide bonds. The molecule has 0 saturated carbocycles. The summed E-state index contributed by atoms with van der Waals surface area (Å²) in [7, 11) is 0. The lowest BCUT2D eigenvalue weighted by Crippen LogP contribution is -2.54. The highest BCUT2D eigenvalue weighted by molar-refractivity contribution is 6.23. The van der Waals surface area contributed by atoms with Gasteiger partial charge in [0.15, 0.2) is 0 Å². The molecule has 0 aromatic heterocycles. The van der Waals surface area contributed by atoms with Crippen LogP contribution in [0.4, 0.5) is 0 Å². The van der Waals surface area contributed by atoms with Crippen LogP contribution >= 0.6 is 12.4 Å². The number of halogens is 1. The van der Waals surface area contributed by atoms with Gasteiger partial charge in [-0.25, -0.2) is 0 Å². The van der Waals surface area contributed by atoms with E-state index in [1.807, 2.05) is 0 Å². The van der Waals surface area contributed by atoms with E-state index < -0.39 is 29.7 Å². The molecule has 25 heavy (non-hydrogen) atoms. The molecular weight excluding hydrogens is 346 g/mol. The van der Waals surface area contributed by atoms with Gasteiger partial charge in [0.1, 0.15) is 6.04 Å². The minimum Gasteiger partial charge on any atom is -0.330 e. The zero-order chi connectivity index (χ0) is 17.3. The number of nitrogens with two attached hydrogens (primary N) is 1. The van der Waals surface area contributed by atoms with Crippen LogP contribution in [-0.4, -0.2) is 41.1 Å². The minimum absolute atomic E-state index is 0. The van der Waals surface area contributed by atoms with Gasteiger partial charge >= 0.3 is 0 Å². The molecule has 1 aromatic rings. The Kier molecular flexibility index (Phi) is 5.57. The van der Waals surface area contributed by atoms with Gasteiger partial charge in [0.2, 0.25) is 11.8 Å². The van der Waals surface area contributed by atoms with Crippen LogP contribution in [0.3, 0.4) is 0 Å². The highest BCUT2D eigenvalue weighted by Gasteiger charge is 2.44. The highest BCUT2D eigenvalue weighted by Crippen LogP contribution is 2.28. The Morgan fingerprint density at radius 1 is 1.16 bits per heavy atom. The Morgan fingerprint density at radius 2 is 1.88 bits per heavy atom. The van der Waals surface area contributed by atoms with Crippen molar-refractivity contribution in [3.63, 3.8) is 0 Å². The maximum absolute atomic E-state index is 12.6. The largest absolute Gasteiger partial charge is 0.330 e. The number of hydrogen-bond donors (Lipinski definition) is 2. The third-order valence-corrected chi connectivity index (χ3v) is 3.94. The number of piperidine rings is 1. The van der Waals surface area contributed by atoms with E-state index in [1.54, 1.807) is 12.1 Å². The molecule has 1 atom stereocenters. The van der Waals surface area contributed by atoms with Crippen molar-refractivity contribution in [2.45, 2.75) is 25.3 Å². The first-order valence-corrected chi connectivity index (χ1v) is 7.57. The fourth-order valence-electron chi connectivity index (χ4n) is 2.79. The lowest BCUT2D eigenvalue weighted by atomic mass is 10.0. The molecule has 130 valence electrons. The predicted octanol–water partition coefficient (Wildman–Crippen LogP) is 0.210. The lowest BCUT2D eigenvalue weighted by molar-refractivity contribution is -0.136. The number of carbonyl (C=O) groups is 4. The number of hydrogen-bond acceptors (Lipinski definition) is 5. The molecule has 3 N–H and O–H groups in total. The molecule has 1 fully saturated rings. The molecule has 2 aliphatic rings. The summed E-state index contributed by atoms with van der Waals surface area (Å²) in [6, 6.07) is 3.78. The van der Waals surface area contributed by atoms with E-state index in [2.05, 4.69) is 17.2 Å². The van der Waals surface area contributed by atoms with E-state index in [0.29, 0.717) is 18.5 Å². The maximum Gasteiger partial charge on any atom is 0.262 e. The van der Waals surface area contributed by atoms with E-state index in [-0.39, 0.29) is 36.4 Å². The average molecular weight is 362 g/mol. The number of nitrogens with zero attached hydrogens (tertiary/aromatic N) is 1. The Labute approximate surface area is 150 Å². The monoisotopic (exact) mass is 361 g/mol. The topological polar surface area (TPSA) is 110 Å². The molecule has 3 rings (SSSR count). The number of rotatable bonds is 2. The molecule has 8 heteroatoms. The zero-order valence-corrected chi connectivity index (χ0v) is 14.0. The number of amides is 4. The van der Waals surface area contributed by atoms with Crippen molar-refractivity contribution < 1.29 is 19.2 Å². The summed E-state index contributed by atoms with van der Waals surface area (Å²) in [6.45, 7) is 0.443. The SMILES string of the molecule is Cl.NCCC#Cc1ccc2c(c1)C(=O)N(C1CCC(=O)NC1=O)C2=O. The van der Waals surface area contributed by atoms with Crippen LogP contribution in [0.25, 0.3) is 0 Å². The van der Waals surface area contributed by atoms with Crippen LogP contribution in [0.2, 0.25) is 0 Å². The van der Waals surface area contributed by atoms with Crippen molar-refractivity contribution in [1.82, 2.24) is 10.2 Å². The summed E-state index contributed by atoms with van der Waals surface area (Å²) in [5, 5.41) is 2.16. The Bertz CT molecular complexity index is 825. The van der Waals surface area contributed by atoms with Gasteiger partial charge in [0, 0.05) is 24.9 Å². The van der Waals surface area contributed by atoms with Crippen molar-refractivity contribution in [1.29, 1.82) is 0 Å². The Morgan fingerprint density at radius 3 is 2.56 bits per heavy atom. The van der Waals surface area contributed by atoms with Crippen molar-refractivity contribution in [3.05, 3.63) is 34.9 Å². The summed E-state index contributed by atoms with van der Waals surface area (Å²) < 4.78 is 0. The van der Waals surface area contributed by atoms with Crippen molar-refractivity contribution >= 4 is 36.0 Å². The van der Waals surface area contributed by atoms with Crippen LogP contribution in [0.1, 0.15) is 45.5 Å². The quantitative estimate of drug-likeness (QED) is 0.578. The molecule has 0 bridgehead atoms. The smallest absolute Gasteiger partial charge is 0.262 e. The highest BCUT2D eigenvalue weighted by atomic mass is 35.5. The first-order chi connectivity index (χ1) is 11.5. The fourth-order valence-corrected chi connectivity index (χ4v) is 2.79. The van der Waals surface area contributed by atoms with Crippen LogP contribution in [-0.2, 0) is 9.59 Å². The van der Waals surface area contributed by atoms with Crippen molar-refractivity contribution in [2.24, 2.45) is 5.73 Å². The number of fused-ring (bicyclic) bond motifs is 1. The molecule has 2 heterocycles. The molecule has 1 unspecified atom stereocenters. The van der Waals surface area contributed by atoms with Gasteiger partial charge < -0.3 is 5.73 Å². The van der Waals surface area contributed by atoms with E-state index in [4.69, 9.17) is 5.73 Å². The molecule has 1 saturated heterocycles. The maximum atomic E-state index is 12.6. The average Bonchev–Trinajstić information content (AvgIpc) is 2.80. The molecule has 0 radical (unpaired) electrons. The number of benzene rings is 1. The molecule has 0 spiro atoms. The Hall–Kier alpha value is -2.69. The van der Waals surface area contributed by atoms with Crippen LogP contribution in [0.15, 0.2) is 18.2 Å². The second kappa shape index (κ2) is 7.47. The first kappa shape index (κ1) is 18.6. The second-order valence-corrected chi connectivity index (χ2v) is 5.55. The second-order valence-electron chi connectivity index (χ2n) is 5.55. The van der Waals surface area contributed by atoms with E-state index in [0.717, 1.165) is 4.90 Å². The first-order valence-electron chi connectivity index (χ1n) is 7.57. The fraction of sp³-hybridized carbons (Fsp3) is 0.294. The molecular formula is C17H16ClN3O4. The molecule has 1 aromatic carbocycles. The summed E-state index contributed by atoms with van der Waals surface area (Å²) in [6.07, 6.45) is 0.769. The molecule has 7 nitrogen and oxygen atoms in total. The van der Waals surface area contributed by atoms with Crippen molar-refractivity contribution in [2.75, 3.05) is 6.54 Å². The van der Waals surface area contributed by atoms with Gasteiger partial charge in [-0.15, -0.1) is 12.4 Å². The van der Waals surface area contributed by atoms with Crippen molar-refractivity contribution in [3.8, 4) is 11.8 Å². The van der Waals surface area contributed by atoms with Gasteiger partial charge in [-0.3, -0.25) is 29.4 Å². The van der Waals surface area contributed by atoms with Gasteiger partial charge in [0.05, 0.1) is 11.1 Å². The molecule has 0 aliphatic carbocycles. The van der Waals surface area contributed by atoms with Crippen LogP contribution < -0.4 is 11.1 Å². The van der Waals surface area contributed by atoms with E-state index >= 15 is 0 Å². The number of carbonyl (C=O) groups excluding carboxylic acids is 4. The van der Waals surface area contributed by atoms with Gasteiger partial charge in [0.25, 0.3) is 11.8 Å². The third-order valence-electron chi connectivity index (χ3n) is 3.94. The number of imide groups is 2. The van der Waals surface area contributed by atoms with Crippen LogP contribution in [0, 0.1) is 11.8 Å². The van der Waals surface area contributed by atoms with Crippen LogP contribution in [0.5, 0.6) is 0 Å². The summed E-state index contributed by atoms with van der Waals surface area (Å²) in [5.41, 5.74) is 6.45. The van der Waals surface area contributed by atoms with Gasteiger partial charge in [-0.2, -0.15) is 0 Å². The van der Waals surface area contributed by atoms with E-state index in [1.165, 1.54) is 6.07 Å². The summed E-state index contributed by atoms with van der Waals surface area (Å²) in [5.74, 6) is 3.68. The van der Waals surface area contributed by atoms with Gasteiger partial charge in [-0.05, 0) is 24.6 Å². The standard InChI is InChI=1S/C17H15N3O4.ClH/c18-8-2-1-3-10-4-5-11-12(9-10)17(24)20(16(11)23)13-6-7-14(21)19-15(13)22;/h4-5,9,13H,2,6-8,18H2,(H,19,21,22);1H. The predicted molar refractivity (Wildman–Crippen MR) is 90.9 cm³/mol. The normalized spacial score (nSPS) is 18.9. The van der Waals surface area contributed by atoms with E-state index in [9.17, 15) is 19.2 Å². The number of nitrogens with one attached hydrogen (secondary N) is 1. The Balaban J connectivity index is 0.00000225. The lowest BCUT2D eigenvalue weighted by Gasteiger charge is -2.27. The van der Waals surface area contributed by atoms with Gasteiger partial charge in [-0.1, -0.05) is 11.8 Å². The molecule has 2 aliphatic heterocycles. The zero-order valence-electron chi connectivity index (χ0n) is 13.2. The minimum atomic E-state index is -0.957. The summed E-state index contributed by atoms with van der Waals surface area (Å²) >= 11 is 0. The summed E-state index contributed by atoms with van der Waals surface area (Å²) in [4.78, 5) is 49.2.